The number of hydrogen-bond donors (Lipinski definition) is 2. The fourth-order valence-corrected chi connectivity index (χ4v) is 4.80. The van der Waals surface area contributed by atoms with Crippen molar-refractivity contribution >= 4 is 44.8 Å². The Balaban J connectivity index is 1.60. The third kappa shape index (κ3) is 5.11. The molecule has 1 aromatic carbocycles. The summed E-state index contributed by atoms with van der Waals surface area (Å²) in [6, 6.07) is 7.91. The average molecular weight is 437 g/mol. The standard InChI is InChI=1S/C19H21ClN4O4S/c1-13(25)22-15-4-5-18(17(20)11-15)23-19(26)14-6-9-24(10-7-14)29(27,28)16-3-2-8-21-12-16/h2-5,8,11-12,14H,6-7,9-10H2,1H3,(H,22,25)(H,23,26). The molecule has 2 heterocycles. The van der Waals surface area contributed by atoms with Crippen LogP contribution in [0.2, 0.25) is 5.02 Å². The van der Waals surface area contributed by atoms with Crippen LogP contribution >= 0.6 is 11.6 Å². The Labute approximate surface area is 174 Å². The lowest BCUT2D eigenvalue weighted by molar-refractivity contribution is -0.121. The number of anilines is 2. The van der Waals surface area contributed by atoms with Gasteiger partial charge in [-0.15, -0.1) is 0 Å². The Morgan fingerprint density at radius 2 is 1.90 bits per heavy atom. The summed E-state index contributed by atoms with van der Waals surface area (Å²) in [5.74, 6) is -0.745. The largest absolute Gasteiger partial charge is 0.326 e. The molecule has 1 aliphatic rings. The second-order valence-corrected chi connectivity index (χ2v) is 9.08. The molecule has 2 N–H and O–H groups in total. The first kappa shape index (κ1) is 21.2. The van der Waals surface area contributed by atoms with E-state index in [9.17, 15) is 18.0 Å². The fourth-order valence-electron chi connectivity index (χ4n) is 3.14. The number of sulfonamides is 1. The van der Waals surface area contributed by atoms with Crippen LogP contribution in [0.5, 0.6) is 0 Å². The third-order valence-corrected chi connectivity index (χ3v) is 6.84. The van der Waals surface area contributed by atoms with Crippen molar-refractivity contribution in [2.45, 2.75) is 24.7 Å². The van der Waals surface area contributed by atoms with Crippen LogP contribution in [0.1, 0.15) is 19.8 Å². The van der Waals surface area contributed by atoms with E-state index < -0.39 is 10.0 Å². The first-order valence-corrected chi connectivity index (χ1v) is 10.9. The molecule has 1 aliphatic heterocycles. The molecular weight excluding hydrogens is 416 g/mol. The summed E-state index contributed by atoms with van der Waals surface area (Å²) in [6.45, 7) is 1.90. The van der Waals surface area contributed by atoms with Crippen molar-refractivity contribution in [2.75, 3.05) is 23.7 Å². The predicted molar refractivity (Wildman–Crippen MR) is 110 cm³/mol. The van der Waals surface area contributed by atoms with Crippen molar-refractivity contribution < 1.29 is 18.0 Å². The number of rotatable bonds is 5. The van der Waals surface area contributed by atoms with Crippen LogP contribution in [-0.2, 0) is 19.6 Å². The molecule has 29 heavy (non-hydrogen) atoms. The number of benzene rings is 1. The smallest absolute Gasteiger partial charge is 0.244 e. The van der Waals surface area contributed by atoms with E-state index in [1.165, 1.54) is 29.7 Å². The molecule has 10 heteroatoms. The second-order valence-electron chi connectivity index (χ2n) is 6.73. The van der Waals surface area contributed by atoms with E-state index in [-0.39, 0.29) is 35.7 Å². The van der Waals surface area contributed by atoms with Gasteiger partial charge >= 0.3 is 0 Å². The van der Waals surface area contributed by atoms with Crippen molar-refractivity contribution in [1.29, 1.82) is 0 Å². The van der Waals surface area contributed by atoms with E-state index in [1.807, 2.05) is 0 Å². The highest BCUT2D eigenvalue weighted by Crippen LogP contribution is 2.28. The van der Waals surface area contributed by atoms with Gasteiger partial charge in [0.1, 0.15) is 4.90 Å². The normalized spacial score (nSPS) is 15.7. The molecule has 0 atom stereocenters. The summed E-state index contributed by atoms with van der Waals surface area (Å²) in [7, 11) is -3.61. The maximum absolute atomic E-state index is 12.6. The van der Waals surface area contributed by atoms with Gasteiger partial charge in [-0.25, -0.2) is 8.42 Å². The van der Waals surface area contributed by atoms with Gasteiger partial charge in [0.2, 0.25) is 21.8 Å². The zero-order valence-corrected chi connectivity index (χ0v) is 17.3. The van der Waals surface area contributed by atoms with Crippen LogP contribution in [-0.4, -0.2) is 42.6 Å². The first-order chi connectivity index (χ1) is 13.8. The minimum absolute atomic E-state index is 0.147. The van der Waals surface area contributed by atoms with E-state index in [0.717, 1.165) is 0 Å². The van der Waals surface area contributed by atoms with Crippen molar-refractivity contribution in [3.63, 3.8) is 0 Å². The molecule has 1 saturated heterocycles. The van der Waals surface area contributed by atoms with E-state index in [0.29, 0.717) is 29.2 Å². The van der Waals surface area contributed by atoms with Gasteiger partial charge in [0.15, 0.2) is 0 Å². The number of hydrogen-bond acceptors (Lipinski definition) is 5. The van der Waals surface area contributed by atoms with E-state index in [2.05, 4.69) is 15.6 Å². The quantitative estimate of drug-likeness (QED) is 0.749. The van der Waals surface area contributed by atoms with Gasteiger partial charge in [0, 0.05) is 44.0 Å². The Morgan fingerprint density at radius 1 is 1.17 bits per heavy atom. The number of pyridine rings is 1. The van der Waals surface area contributed by atoms with Crippen LogP contribution < -0.4 is 10.6 Å². The van der Waals surface area contributed by atoms with Gasteiger partial charge < -0.3 is 10.6 Å². The molecule has 1 aromatic heterocycles. The zero-order chi connectivity index (χ0) is 21.0. The Bertz CT molecular complexity index is 1010. The van der Waals surface area contributed by atoms with Gasteiger partial charge in [0.25, 0.3) is 0 Å². The second kappa shape index (κ2) is 8.89. The van der Waals surface area contributed by atoms with Gasteiger partial charge in [-0.1, -0.05) is 11.6 Å². The van der Waals surface area contributed by atoms with E-state index in [1.54, 1.807) is 24.3 Å². The van der Waals surface area contributed by atoms with Crippen LogP contribution in [0.4, 0.5) is 11.4 Å². The fraction of sp³-hybridized carbons (Fsp3) is 0.316. The van der Waals surface area contributed by atoms with Gasteiger partial charge in [-0.2, -0.15) is 4.31 Å². The topological polar surface area (TPSA) is 108 Å². The lowest BCUT2D eigenvalue weighted by atomic mass is 9.97. The SMILES string of the molecule is CC(=O)Nc1ccc(NC(=O)C2CCN(S(=O)(=O)c3cccnc3)CC2)c(Cl)c1. The Hall–Kier alpha value is -2.49. The third-order valence-electron chi connectivity index (χ3n) is 4.64. The number of halogens is 1. The number of amides is 2. The minimum Gasteiger partial charge on any atom is -0.326 e. The Morgan fingerprint density at radius 3 is 2.48 bits per heavy atom. The molecule has 3 rings (SSSR count). The number of nitrogens with zero attached hydrogens (tertiary/aromatic N) is 2. The molecule has 8 nitrogen and oxygen atoms in total. The summed E-state index contributed by atoms with van der Waals surface area (Å²) in [6.07, 6.45) is 3.66. The number of carbonyl (C=O) groups is 2. The van der Waals surface area contributed by atoms with E-state index in [4.69, 9.17) is 11.6 Å². The molecule has 0 unspecified atom stereocenters. The van der Waals surface area contributed by atoms with Crippen LogP contribution in [0, 0.1) is 5.92 Å². The zero-order valence-electron chi connectivity index (χ0n) is 15.8. The highest BCUT2D eigenvalue weighted by atomic mass is 35.5. The average Bonchev–Trinajstić information content (AvgIpc) is 2.70. The number of carbonyl (C=O) groups excluding carboxylic acids is 2. The van der Waals surface area contributed by atoms with E-state index >= 15 is 0 Å². The molecule has 0 bridgehead atoms. The molecule has 1 fully saturated rings. The molecule has 0 radical (unpaired) electrons. The summed E-state index contributed by atoms with van der Waals surface area (Å²) >= 11 is 6.19. The van der Waals surface area contributed by atoms with Crippen molar-refractivity contribution in [3.8, 4) is 0 Å². The van der Waals surface area contributed by atoms with Crippen LogP contribution in [0.25, 0.3) is 0 Å². The van der Waals surface area contributed by atoms with Crippen molar-refractivity contribution in [2.24, 2.45) is 5.92 Å². The van der Waals surface area contributed by atoms with Crippen LogP contribution in [0.3, 0.4) is 0 Å². The molecule has 2 amide bonds. The summed E-state index contributed by atoms with van der Waals surface area (Å²) < 4.78 is 26.7. The van der Waals surface area contributed by atoms with Crippen LogP contribution in [0.15, 0.2) is 47.6 Å². The number of nitrogens with one attached hydrogen (secondary N) is 2. The maximum Gasteiger partial charge on any atom is 0.244 e. The van der Waals surface area contributed by atoms with Gasteiger partial charge in [-0.3, -0.25) is 14.6 Å². The maximum atomic E-state index is 12.6. The molecule has 0 aliphatic carbocycles. The van der Waals surface area contributed by atoms with Gasteiger partial charge in [0.05, 0.1) is 10.7 Å². The Kier molecular flexibility index (Phi) is 6.51. The highest BCUT2D eigenvalue weighted by Gasteiger charge is 2.32. The lowest BCUT2D eigenvalue weighted by Crippen LogP contribution is -2.41. The predicted octanol–water partition coefficient (Wildman–Crippen LogP) is 2.73. The molecular formula is C19H21ClN4O4S. The molecule has 0 spiro atoms. The van der Waals surface area contributed by atoms with Crippen molar-refractivity contribution in [3.05, 3.63) is 47.7 Å². The van der Waals surface area contributed by atoms with Gasteiger partial charge in [-0.05, 0) is 43.2 Å². The monoisotopic (exact) mass is 436 g/mol. The number of piperidine rings is 1. The lowest BCUT2D eigenvalue weighted by Gasteiger charge is -2.30. The molecule has 0 saturated carbocycles. The highest BCUT2D eigenvalue weighted by molar-refractivity contribution is 7.89. The summed E-state index contributed by atoms with van der Waals surface area (Å²) in [4.78, 5) is 27.7. The summed E-state index contributed by atoms with van der Waals surface area (Å²) in [5.41, 5.74) is 0.977. The minimum atomic E-state index is -3.61. The summed E-state index contributed by atoms with van der Waals surface area (Å²) in [5, 5.41) is 5.71. The number of aromatic nitrogens is 1. The molecule has 2 aromatic rings. The molecule has 154 valence electrons. The van der Waals surface area contributed by atoms with Crippen molar-refractivity contribution in [1.82, 2.24) is 9.29 Å². The first-order valence-electron chi connectivity index (χ1n) is 9.05.